The Balaban J connectivity index is 2.00. The highest BCUT2D eigenvalue weighted by Crippen LogP contribution is 2.12. The van der Waals surface area contributed by atoms with Gasteiger partial charge in [0.05, 0.1) is 13.5 Å². The number of ether oxygens (including phenoxy) is 1. The van der Waals surface area contributed by atoms with E-state index in [1.807, 2.05) is 38.1 Å². The topological polar surface area (TPSA) is 46.6 Å². The molecule has 0 atom stereocenters. The number of hydrogen-bond acceptors (Lipinski definition) is 3. The molecule has 26 heavy (non-hydrogen) atoms. The maximum atomic E-state index is 12.7. The molecule has 1 amide bonds. The fraction of sp³-hybridized carbons (Fsp3) is 0.364. The highest BCUT2D eigenvalue weighted by Gasteiger charge is 2.16. The molecule has 0 aliphatic heterocycles. The van der Waals surface area contributed by atoms with Crippen LogP contribution in [0.5, 0.6) is 0 Å². The van der Waals surface area contributed by atoms with Crippen molar-refractivity contribution in [1.29, 1.82) is 0 Å². The average Bonchev–Trinajstić information content (AvgIpc) is 2.65. The van der Waals surface area contributed by atoms with Crippen LogP contribution in [0.3, 0.4) is 0 Å². The minimum Gasteiger partial charge on any atom is -0.469 e. The summed E-state index contributed by atoms with van der Waals surface area (Å²) in [5.41, 5.74) is 4.59. The summed E-state index contributed by atoms with van der Waals surface area (Å²) in [4.78, 5) is 26.0. The molecule has 0 spiro atoms. The number of esters is 1. The van der Waals surface area contributed by atoms with E-state index in [0.29, 0.717) is 25.9 Å². The van der Waals surface area contributed by atoms with Crippen LogP contribution in [0, 0.1) is 13.8 Å². The summed E-state index contributed by atoms with van der Waals surface area (Å²) in [6.07, 6.45) is 1.33. The minimum atomic E-state index is -0.301. The van der Waals surface area contributed by atoms with Crippen LogP contribution < -0.4 is 0 Å². The second-order valence-electron chi connectivity index (χ2n) is 6.61. The first-order valence-electron chi connectivity index (χ1n) is 8.93. The summed E-state index contributed by atoms with van der Waals surface area (Å²) in [7, 11) is 1.37. The van der Waals surface area contributed by atoms with Crippen LogP contribution in [0.25, 0.3) is 0 Å². The van der Waals surface area contributed by atoms with Gasteiger partial charge < -0.3 is 9.64 Å². The Morgan fingerprint density at radius 1 is 0.846 bits per heavy atom. The van der Waals surface area contributed by atoms with Crippen LogP contribution in [-0.2, 0) is 27.3 Å². The van der Waals surface area contributed by atoms with Crippen LogP contribution in [0.1, 0.15) is 35.1 Å². The summed E-state index contributed by atoms with van der Waals surface area (Å²) in [5.74, 6) is -0.250. The van der Waals surface area contributed by atoms with E-state index >= 15 is 0 Å². The third-order valence-electron chi connectivity index (χ3n) is 4.41. The third-order valence-corrected chi connectivity index (χ3v) is 4.41. The molecular weight excluding hydrogens is 326 g/mol. The van der Waals surface area contributed by atoms with Gasteiger partial charge in [-0.05, 0) is 31.4 Å². The van der Waals surface area contributed by atoms with Gasteiger partial charge in [0.15, 0.2) is 0 Å². The van der Waals surface area contributed by atoms with Crippen LogP contribution in [-0.4, -0.2) is 30.4 Å². The molecule has 4 heteroatoms. The Kier molecular flexibility index (Phi) is 7.39. The van der Waals surface area contributed by atoms with E-state index in [-0.39, 0.29) is 18.3 Å². The zero-order chi connectivity index (χ0) is 18.9. The van der Waals surface area contributed by atoms with Gasteiger partial charge in [-0.2, -0.15) is 0 Å². The molecular formula is C22H27NO3. The second kappa shape index (κ2) is 9.76. The van der Waals surface area contributed by atoms with Crippen LogP contribution in [0.4, 0.5) is 0 Å². The fourth-order valence-corrected chi connectivity index (χ4v) is 2.70. The van der Waals surface area contributed by atoms with Crippen LogP contribution in [0.2, 0.25) is 0 Å². The van der Waals surface area contributed by atoms with Crippen LogP contribution >= 0.6 is 0 Å². The molecule has 2 aromatic carbocycles. The second-order valence-corrected chi connectivity index (χ2v) is 6.61. The van der Waals surface area contributed by atoms with E-state index in [0.717, 1.165) is 11.1 Å². The first-order valence-corrected chi connectivity index (χ1v) is 8.93. The molecule has 2 rings (SSSR count). The Morgan fingerprint density at radius 3 is 1.92 bits per heavy atom. The number of hydrogen-bond donors (Lipinski definition) is 0. The maximum Gasteiger partial charge on any atom is 0.307 e. The van der Waals surface area contributed by atoms with Crippen molar-refractivity contribution < 1.29 is 14.3 Å². The number of rotatable bonds is 8. The normalized spacial score (nSPS) is 10.4. The Hall–Kier alpha value is -2.62. The fourth-order valence-electron chi connectivity index (χ4n) is 2.70. The molecule has 2 aromatic rings. The molecule has 0 fully saturated rings. The zero-order valence-electron chi connectivity index (χ0n) is 15.8. The summed E-state index contributed by atoms with van der Waals surface area (Å²) < 4.78 is 4.71. The van der Waals surface area contributed by atoms with E-state index in [4.69, 9.17) is 4.74 Å². The standard InChI is InChI=1S/C22H27NO3/c1-17-4-8-19(9-5-17)12-13-21(24)23(15-14-22(25)26-3)16-20-10-6-18(2)7-11-20/h4-11H,12-16H2,1-3H3. The molecule has 0 aliphatic rings. The molecule has 138 valence electrons. The number of aryl methyl sites for hydroxylation is 3. The number of methoxy groups -OCH3 is 1. The number of carbonyl (C=O) groups is 2. The minimum absolute atomic E-state index is 0.0510. The average molecular weight is 353 g/mol. The van der Waals surface area contributed by atoms with Crippen molar-refractivity contribution in [3.8, 4) is 0 Å². The molecule has 4 nitrogen and oxygen atoms in total. The molecule has 0 saturated heterocycles. The van der Waals surface area contributed by atoms with Crippen molar-refractivity contribution in [3.05, 3.63) is 70.8 Å². The Labute approximate surface area is 155 Å². The van der Waals surface area contributed by atoms with E-state index in [2.05, 4.69) is 24.3 Å². The molecule has 0 saturated carbocycles. The predicted molar refractivity (Wildman–Crippen MR) is 103 cm³/mol. The highest BCUT2D eigenvalue weighted by atomic mass is 16.5. The molecule has 0 aromatic heterocycles. The summed E-state index contributed by atoms with van der Waals surface area (Å²) in [5, 5.41) is 0. The van der Waals surface area contributed by atoms with E-state index in [1.165, 1.54) is 18.2 Å². The van der Waals surface area contributed by atoms with E-state index < -0.39 is 0 Å². The van der Waals surface area contributed by atoms with Crippen LogP contribution in [0.15, 0.2) is 48.5 Å². The molecule has 0 heterocycles. The first-order chi connectivity index (χ1) is 12.5. The zero-order valence-corrected chi connectivity index (χ0v) is 15.8. The van der Waals surface area contributed by atoms with Gasteiger partial charge in [0.2, 0.25) is 5.91 Å². The van der Waals surface area contributed by atoms with Gasteiger partial charge in [-0.1, -0.05) is 59.7 Å². The molecule has 0 radical (unpaired) electrons. The monoisotopic (exact) mass is 353 g/mol. The summed E-state index contributed by atoms with van der Waals surface area (Å²) in [6.45, 7) is 4.95. The summed E-state index contributed by atoms with van der Waals surface area (Å²) in [6, 6.07) is 16.3. The smallest absolute Gasteiger partial charge is 0.307 e. The van der Waals surface area contributed by atoms with Crippen molar-refractivity contribution in [2.24, 2.45) is 0 Å². The lowest BCUT2D eigenvalue weighted by atomic mass is 10.1. The lowest BCUT2D eigenvalue weighted by molar-refractivity contribution is -0.141. The molecule has 0 unspecified atom stereocenters. The molecule has 0 bridgehead atoms. The summed E-state index contributed by atoms with van der Waals surface area (Å²) >= 11 is 0. The SMILES string of the molecule is COC(=O)CCN(Cc1ccc(C)cc1)C(=O)CCc1ccc(C)cc1. The third kappa shape index (κ3) is 6.36. The van der Waals surface area contributed by atoms with E-state index in [1.54, 1.807) is 4.90 Å². The largest absolute Gasteiger partial charge is 0.469 e. The Bertz CT molecular complexity index is 720. The number of amides is 1. The van der Waals surface area contributed by atoms with Crippen molar-refractivity contribution in [1.82, 2.24) is 4.90 Å². The van der Waals surface area contributed by atoms with Gasteiger partial charge in [-0.3, -0.25) is 9.59 Å². The van der Waals surface area contributed by atoms with E-state index in [9.17, 15) is 9.59 Å². The maximum absolute atomic E-state index is 12.7. The lowest BCUT2D eigenvalue weighted by Crippen LogP contribution is -2.33. The number of nitrogens with zero attached hydrogens (tertiary/aromatic N) is 1. The van der Waals surface area contributed by atoms with Gasteiger partial charge >= 0.3 is 5.97 Å². The van der Waals surface area contributed by atoms with Gasteiger partial charge in [-0.15, -0.1) is 0 Å². The lowest BCUT2D eigenvalue weighted by Gasteiger charge is -2.22. The highest BCUT2D eigenvalue weighted by molar-refractivity contribution is 5.77. The van der Waals surface area contributed by atoms with Gasteiger partial charge in [0.25, 0.3) is 0 Å². The number of benzene rings is 2. The predicted octanol–water partition coefficient (Wildman–Crippen LogP) is 3.83. The van der Waals surface area contributed by atoms with Crippen molar-refractivity contribution in [2.75, 3.05) is 13.7 Å². The van der Waals surface area contributed by atoms with Gasteiger partial charge in [0.1, 0.15) is 0 Å². The van der Waals surface area contributed by atoms with Crippen molar-refractivity contribution in [2.45, 2.75) is 39.7 Å². The van der Waals surface area contributed by atoms with Gasteiger partial charge in [-0.25, -0.2) is 0 Å². The Morgan fingerprint density at radius 2 is 1.38 bits per heavy atom. The number of carbonyl (C=O) groups excluding carboxylic acids is 2. The van der Waals surface area contributed by atoms with Gasteiger partial charge in [0, 0.05) is 19.5 Å². The van der Waals surface area contributed by atoms with Crippen molar-refractivity contribution >= 4 is 11.9 Å². The first kappa shape index (κ1) is 19.7. The quantitative estimate of drug-likeness (QED) is 0.678. The molecule has 0 aliphatic carbocycles. The molecule has 0 N–H and O–H groups in total. The van der Waals surface area contributed by atoms with Crippen molar-refractivity contribution in [3.63, 3.8) is 0 Å².